The highest BCUT2D eigenvalue weighted by atomic mass is 79.9. The number of carbonyl (C=O) groups excluding carboxylic acids is 2. The van der Waals surface area contributed by atoms with E-state index in [1.54, 1.807) is 24.3 Å². The van der Waals surface area contributed by atoms with Crippen molar-refractivity contribution in [3.8, 4) is 0 Å². The molecule has 0 saturated carbocycles. The van der Waals surface area contributed by atoms with Crippen LogP contribution in [0.3, 0.4) is 0 Å². The molecule has 1 aliphatic heterocycles. The smallest absolute Gasteiger partial charge is 0.242 e. The van der Waals surface area contributed by atoms with E-state index in [0.717, 1.165) is 10.0 Å². The molecular weight excluding hydrogens is 286 g/mol. The second-order valence-electron chi connectivity index (χ2n) is 4.01. The predicted octanol–water partition coefficient (Wildman–Crippen LogP) is 0.645. The molecule has 90 valence electrons. The molecule has 0 radical (unpaired) electrons. The fraction of sp³-hybridized carbons (Fsp3) is 0.364. The van der Waals surface area contributed by atoms with Gasteiger partial charge in [-0.2, -0.15) is 0 Å². The van der Waals surface area contributed by atoms with Gasteiger partial charge in [-0.1, -0.05) is 0 Å². The van der Waals surface area contributed by atoms with Crippen molar-refractivity contribution in [3.05, 3.63) is 28.5 Å². The number of rotatable bonds is 2. The van der Waals surface area contributed by atoms with Crippen LogP contribution >= 0.6 is 15.9 Å². The number of hydrogen-bond acceptors (Lipinski definition) is 3. The standard InChI is InChI=1S/C11H12BrN3O2/c1-14-6-11(17)15(7-10(14)16)5-8-2-9(12)4-13-3-8/h2-4H,5-7H2,1H3. The summed E-state index contributed by atoms with van der Waals surface area (Å²) in [5, 5.41) is 0. The molecule has 0 atom stereocenters. The number of likely N-dealkylation sites (N-methyl/N-ethyl adjacent to an activating group) is 1. The van der Waals surface area contributed by atoms with Crippen molar-refractivity contribution in [3.63, 3.8) is 0 Å². The van der Waals surface area contributed by atoms with Crippen LogP contribution < -0.4 is 0 Å². The van der Waals surface area contributed by atoms with Crippen LogP contribution in [0.25, 0.3) is 0 Å². The zero-order valence-electron chi connectivity index (χ0n) is 9.39. The molecule has 17 heavy (non-hydrogen) atoms. The first-order chi connectivity index (χ1) is 8.06. The van der Waals surface area contributed by atoms with E-state index in [9.17, 15) is 9.59 Å². The van der Waals surface area contributed by atoms with Gasteiger partial charge in [0.25, 0.3) is 0 Å². The Bertz CT molecular complexity index is 464. The first kappa shape index (κ1) is 12.0. The second-order valence-corrected chi connectivity index (χ2v) is 4.93. The Balaban J connectivity index is 2.08. The van der Waals surface area contributed by atoms with Gasteiger partial charge in [0.15, 0.2) is 0 Å². The van der Waals surface area contributed by atoms with Gasteiger partial charge in [-0.05, 0) is 27.6 Å². The summed E-state index contributed by atoms with van der Waals surface area (Å²) in [6, 6.07) is 1.89. The van der Waals surface area contributed by atoms with Gasteiger partial charge in [0.05, 0.1) is 6.54 Å². The van der Waals surface area contributed by atoms with Crippen molar-refractivity contribution in [1.29, 1.82) is 0 Å². The third-order valence-electron chi connectivity index (χ3n) is 2.61. The molecule has 0 aromatic carbocycles. The van der Waals surface area contributed by atoms with Gasteiger partial charge < -0.3 is 9.80 Å². The highest BCUT2D eigenvalue weighted by Crippen LogP contribution is 2.13. The van der Waals surface area contributed by atoms with Crippen LogP contribution in [0.15, 0.2) is 22.9 Å². The summed E-state index contributed by atoms with van der Waals surface area (Å²) in [6.07, 6.45) is 3.38. The van der Waals surface area contributed by atoms with E-state index in [2.05, 4.69) is 20.9 Å². The Morgan fingerprint density at radius 1 is 1.29 bits per heavy atom. The molecule has 0 unspecified atom stereocenters. The fourth-order valence-electron chi connectivity index (χ4n) is 1.67. The minimum Gasteiger partial charge on any atom is -0.335 e. The number of aromatic nitrogens is 1. The van der Waals surface area contributed by atoms with E-state index in [4.69, 9.17) is 0 Å². The Kier molecular flexibility index (Phi) is 3.42. The topological polar surface area (TPSA) is 53.5 Å². The number of nitrogens with zero attached hydrogens (tertiary/aromatic N) is 3. The monoisotopic (exact) mass is 297 g/mol. The van der Waals surface area contributed by atoms with Crippen molar-refractivity contribution >= 4 is 27.7 Å². The molecular formula is C11H12BrN3O2. The summed E-state index contributed by atoms with van der Waals surface area (Å²) in [5.74, 6) is -0.0698. The number of amides is 2. The van der Waals surface area contributed by atoms with Crippen LogP contribution in [-0.4, -0.2) is 46.7 Å². The number of piperazine rings is 1. The first-order valence-corrected chi connectivity index (χ1v) is 5.97. The Labute approximate surface area is 108 Å². The highest BCUT2D eigenvalue weighted by molar-refractivity contribution is 9.10. The lowest BCUT2D eigenvalue weighted by Gasteiger charge is -2.31. The SMILES string of the molecule is CN1CC(=O)N(Cc2cncc(Br)c2)CC1=O. The van der Waals surface area contributed by atoms with Gasteiger partial charge in [0.1, 0.15) is 6.54 Å². The van der Waals surface area contributed by atoms with E-state index >= 15 is 0 Å². The first-order valence-electron chi connectivity index (χ1n) is 5.17. The predicted molar refractivity (Wildman–Crippen MR) is 65.0 cm³/mol. The third-order valence-corrected chi connectivity index (χ3v) is 3.05. The minimum absolute atomic E-state index is 0.0347. The number of pyridine rings is 1. The molecule has 2 rings (SSSR count). The van der Waals surface area contributed by atoms with Gasteiger partial charge >= 0.3 is 0 Å². The fourth-order valence-corrected chi connectivity index (χ4v) is 2.08. The summed E-state index contributed by atoms with van der Waals surface area (Å²) >= 11 is 3.32. The van der Waals surface area contributed by atoms with Crippen LogP contribution in [0.2, 0.25) is 0 Å². The molecule has 6 heteroatoms. The quantitative estimate of drug-likeness (QED) is 0.805. The van der Waals surface area contributed by atoms with E-state index in [-0.39, 0.29) is 24.9 Å². The second kappa shape index (κ2) is 4.83. The number of halogens is 1. The normalized spacial score (nSPS) is 16.6. The lowest BCUT2D eigenvalue weighted by Crippen LogP contribution is -2.51. The molecule has 1 aromatic heterocycles. The van der Waals surface area contributed by atoms with Crippen molar-refractivity contribution in [2.75, 3.05) is 20.1 Å². The summed E-state index contributed by atoms with van der Waals surface area (Å²) in [6.45, 7) is 0.715. The molecule has 1 saturated heterocycles. The summed E-state index contributed by atoms with van der Waals surface area (Å²) in [7, 11) is 1.64. The number of carbonyl (C=O) groups is 2. The zero-order valence-corrected chi connectivity index (χ0v) is 11.0. The highest BCUT2D eigenvalue weighted by Gasteiger charge is 2.27. The minimum atomic E-state index is -0.0351. The Hall–Kier alpha value is -1.43. The van der Waals surface area contributed by atoms with Crippen molar-refractivity contribution < 1.29 is 9.59 Å². The van der Waals surface area contributed by atoms with Gasteiger partial charge in [0, 0.05) is 30.5 Å². The van der Waals surface area contributed by atoms with Crippen molar-refractivity contribution in [2.45, 2.75) is 6.54 Å². The zero-order chi connectivity index (χ0) is 12.4. The average molecular weight is 298 g/mol. The maximum Gasteiger partial charge on any atom is 0.242 e. The molecule has 0 spiro atoms. The van der Waals surface area contributed by atoms with Crippen LogP contribution in [-0.2, 0) is 16.1 Å². The Morgan fingerprint density at radius 2 is 2.06 bits per heavy atom. The van der Waals surface area contributed by atoms with E-state index in [1.807, 2.05) is 6.07 Å². The molecule has 0 bridgehead atoms. The van der Waals surface area contributed by atoms with E-state index in [0.29, 0.717) is 6.54 Å². The van der Waals surface area contributed by atoms with Gasteiger partial charge in [-0.15, -0.1) is 0 Å². The third kappa shape index (κ3) is 2.82. The Morgan fingerprint density at radius 3 is 2.76 bits per heavy atom. The molecule has 0 N–H and O–H groups in total. The molecule has 2 amide bonds. The van der Waals surface area contributed by atoms with E-state index < -0.39 is 0 Å². The molecule has 1 fully saturated rings. The summed E-state index contributed by atoms with van der Waals surface area (Å²) in [5.41, 5.74) is 0.907. The van der Waals surface area contributed by atoms with Gasteiger partial charge in [-0.25, -0.2) is 0 Å². The number of hydrogen-bond donors (Lipinski definition) is 0. The van der Waals surface area contributed by atoms with Crippen LogP contribution in [0, 0.1) is 0 Å². The molecule has 2 heterocycles. The lowest BCUT2D eigenvalue weighted by atomic mass is 10.2. The molecule has 0 aliphatic carbocycles. The van der Waals surface area contributed by atoms with Crippen LogP contribution in [0.4, 0.5) is 0 Å². The molecule has 5 nitrogen and oxygen atoms in total. The largest absolute Gasteiger partial charge is 0.335 e. The van der Waals surface area contributed by atoms with Crippen LogP contribution in [0.5, 0.6) is 0 Å². The van der Waals surface area contributed by atoms with Crippen LogP contribution in [0.1, 0.15) is 5.56 Å². The molecule has 1 aromatic rings. The van der Waals surface area contributed by atoms with E-state index in [1.165, 1.54) is 4.90 Å². The maximum atomic E-state index is 11.7. The van der Waals surface area contributed by atoms with Gasteiger partial charge in [-0.3, -0.25) is 14.6 Å². The maximum absolute atomic E-state index is 11.7. The van der Waals surface area contributed by atoms with Gasteiger partial charge in [0.2, 0.25) is 11.8 Å². The average Bonchev–Trinajstić information content (AvgIpc) is 2.26. The summed E-state index contributed by atoms with van der Waals surface area (Å²) < 4.78 is 0.864. The summed E-state index contributed by atoms with van der Waals surface area (Å²) in [4.78, 5) is 30.3. The lowest BCUT2D eigenvalue weighted by molar-refractivity contribution is -0.149. The molecule has 1 aliphatic rings. The van der Waals surface area contributed by atoms with Crippen molar-refractivity contribution in [1.82, 2.24) is 14.8 Å². The van der Waals surface area contributed by atoms with Crippen molar-refractivity contribution in [2.24, 2.45) is 0 Å².